The van der Waals surface area contributed by atoms with Crippen LogP contribution in [0.15, 0.2) is 10.9 Å². The highest BCUT2D eigenvalue weighted by molar-refractivity contribution is 9.10. The monoisotopic (exact) mass is 390 g/mol. The first-order valence-electron chi connectivity index (χ1n) is 6.95. The van der Waals surface area contributed by atoms with E-state index in [0.29, 0.717) is 29.2 Å². The fraction of sp³-hybridized carbons (Fsp3) is 0.583. The van der Waals surface area contributed by atoms with Gasteiger partial charge in [0.05, 0.1) is 11.1 Å². The summed E-state index contributed by atoms with van der Waals surface area (Å²) < 4.78 is 28.0. The SMILES string of the molecule is CCN(CC)S(=O)(=O)CCNc1ncnc2c1c(Br)nn2C. The highest BCUT2D eigenvalue weighted by Gasteiger charge is 2.19. The van der Waals surface area contributed by atoms with Crippen LogP contribution in [0.1, 0.15) is 13.8 Å². The van der Waals surface area contributed by atoms with E-state index in [9.17, 15) is 8.42 Å². The molecule has 0 aliphatic heterocycles. The highest BCUT2D eigenvalue weighted by atomic mass is 79.9. The first kappa shape index (κ1) is 17.1. The molecule has 8 nitrogen and oxygen atoms in total. The van der Waals surface area contributed by atoms with Crippen molar-refractivity contribution < 1.29 is 8.42 Å². The number of hydrogen-bond donors (Lipinski definition) is 1. The second-order valence-corrected chi connectivity index (χ2v) is 7.50. The van der Waals surface area contributed by atoms with Gasteiger partial charge in [-0.1, -0.05) is 13.8 Å². The lowest BCUT2D eigenvalue weighted by atomic mass is 10.4. The van der Waals surface area contributed by atoms with Gasteiger partial charge in [-0.15, -0.1) is 0 Å². The Balaban J connectivity index is 2.13. The van der Waals surface area contributed by atoms with Gasteiger partial charge in [0.25, 0.3) is 0 Å². The molecule has 122 valence electrons. The van der Waals surface area contributed by atoms with Crippen molar-refractivity contribution in [3.05, 3.63) is 10.9 Å². The van der Waals surface area contributed by atoms with Gasteiger partial charge in [0.15, 0.2) is 5.65 Å². The molecule has 0 aliphatic carbocycles. The molecule has 1 N–H and O–H groups in total. The van der Waals surface area contributed by atoms with E-state index in [1.54, 1.807) is 11.7 Å². The molecule has 0 unspecified atom stereocenters. The van der Waals surface area contributed by atoms with Gasteiger partial charge < -0.3 is 5.32 Å². The van der Waals surface area contributed by atoms with Crippen molar-refractivity contribution in [2.75, 3.05) is 30.7 Å². The van der Waals surface area contributed by atoms with Gasteiger partial charge in [-0.05, 0) is 15.9 Å². The molecule has 0 amide bonds. The van der Waals surface area contributed by atoms with Gasteiger partial charge >= 0.3 is 0 Å². The molecule has 0 fully saturated rings. The third-order valence-electron chi connectivity index (χ3n) is 3.33. The molecule has 0 aliphatic rings. The van der Waals surface area contributed by atoms with Crippen LogP contribution in [-0.4, -0.2) is 57.9 Å². The molecule has 0 radical (unpaired) electrons. The fourth-order valence-corrected chi connectivity index (χ4v) is 4.23. The third kappa shape index (κ3) is 3.39. The summed E-state index contributed by atoms with van der Waals surface area (Å²) in [6, 6.07) is 0. The van der Waals surface area contributed by atoms with Crippen LogP contribution in [0.25, 0.3) is 11.0 Å². The quantitative estimate of drug-likeness (QED) is 0.763. The third-order valence-corrected chi connectivity index (χ3v) is 5.91. The zero-order valence-corrected chi connectivity index (χ0v) is 15.1. The van der Waals surface area contributed by atoms with Crippen LogP contribution in [0.2, 0.25) is 0 Å². The maximum atomic E-state index is 12.1. The summed E-state index contributed by atoms with van der Waals surface area (Å²) >= 11 is 3.37. The predicted octanol–water partition coefficient (Wildman–Crippen LogP) is 1.21. The number of hydrogen-bond acceptors (Lipinski definition) is 6. The Hall–Kier alpha value is -1.26. The minimum atomic E-state index is -3.26. The van der Waals surface area contributed by atoms with Crippen LogP contribution in [0.4, 0.5) is 5.82 Å². The molecule has 2 aromatic heterocycles. The van der Waals surface area contributed by atoms with Gasteiger partial charge in [-0.3, -0.25) is 0 Å². The largest absolute Gasteiger partial charge is 0.368 e. The van der Waals surface area contributed by atoms with Gasteiger partial charge in [-0.25, -0.2) is 27.4 Å². The number of aromatic nitrogens is 4. The Bertz CT molecular complexity index is 756. The second-order valence-electron chi connectivity index (χ2n) is 4.66. The van der Waals surface area contributed by atoms with Crippen molar-refractivity contribution in [1.29, 1.82) is 0 Å². The molecule has 0 saturated carbocycles. The lowest BCUT2D eigenvalue weighted by Gasteiger charge is -2.18. The maximum Gasteiger partial charge on any atom is 0.215 e. The van der Waals surface area contributed by atoms with Gasteiger partial charge in [0, 0.05) is 26.7 Å². The summed E-state index contributed by atoms with van der Waals surface area (Å²) in [6.07, 6.45) is 1.43. The van der Waals surface area contributed by atoms with E-state index in [0.717, 1.165) is 5.39 Å². The number of sulfonamides is 1. The Labute approximate surface area is 138 Å². The normalized spacial score (nSPS) is 12.2. The lowest BCUT2D eigenvalue weighted by molar-refractivity contribution is 0.446. The maximum absolute atomic E-state index is 12.1. The van der Waals surface area contributed by atoms with Crippen LogP contribution in [-0.2, 0) is 17.1 Å². The predicted molar refractivity (Wildman–Crippen MR) is 89.2 cm³/mol. The molecule has 2 heterocycles. The molecule has 0 spiro atoms. The lowest BCUT2D eigenvalue weighted by Crippen LogP contribution is -2.34. The second kappa shape index (κ2) is 6.88. The molecule has 22 heavy (non-hydrogen) atoms. The van der Waals surface area contributed by atoms with E-state index in [1.807, 2.05) is 13.8 Å². The number of rotatable bonds is 7. The van der Waals surface area contributed by atoms with Crippen molar-refractivity contribution in [3.8, 4) is 0 Å². The van der Waals surface area contributed by atoms with Crippen LogP contribution >= 0.6 is 15.9 Å². The van der Waals surface area contributed by atoms with Gasteiger partial charge in [0.2, 0.25) is 10.0 Å². The average molecular weight is 391 g/mol. The number of aryl methyl sites for hydroxylation is 1. The van der Waals surface area contributed by atoms with E-state index in [-0.39, 0.29) is 12.3 Å². The van der Waals surface area contributed by atoms with E-state index < -0.39 is 10.0 Å². The molecule has 10 heteroatoms. The number of fused-ring (bicyclic) bond motifs is 1. The summed E-state index contributed by atoms with van der Waals surface area (Å²) in [6.45, 7) is 4.88. The minimum Gasteiger partial charge on any atom is -0.368 e. The number of nitrogens with one attached hydrogen (secondary N) is 1. The Morgan fingerprint density at radius 1 is 1.32 bits per heavy atom. The van der Waals surface area contributed by atoms with Crippen molar-refractivity contribution in [3.63, 3.8) is 0 Å². The van der Waals surface area contributed by atoms with E-state index in [2.05, 4.69) is 36.3 Å². The average Bonchev–Trinajstić information content (AvgIpc) is 2.76. The Morgan fingerprint density at radius 3 is 2.64 bits per heavy atom. The number of nitrogens with zero attached hydrogens (tertiary/aromatic N) is 5. The molecule has 2 aromatic rings. The van der Waals surface area contributed by atoms with E-state index >= 15 is 0 Å². The van der Waals surface area contributed by atoms with Crippen molar-refractivity contribution in [1.82, 2.24) is 24.1 Å². The summed E-state index contributed by atoms with van der Waals surface area (Å²) in [5.41, 5.74) is 0.677. The van der Waals surface area contributed by atoms with Gasteiger partial charge in [-0.2, -0.15) is 5.10 Å². The molecule has 0 aromatic carbocycles. The van der Waals surface area contributed by atoms with Crippen LogP contribution in [0.5, 0.6) is 0 Å². The van der Waals surface area contributed by atoms with E-state index in [4.69, 9.17) is 0 Å². The minimum absolute atomic E-state index is 0.0120. The summed E-state index contributed by atoms with van der Waals surface area (Å²) in [5, 5.41) is 8.03. The summed E-state index contributed by atoms with van der Waals surface area (Å²) in [4.78, 5) is 8.34. The smallest absolute Gasteiger partial charge is 0.215 e. The van der Waals surface area contributed by atoms with Crippen molar-refractivity contribution >= 4 is 42.8 Å². The molecular formula is C12H19BrN6O2S. The molecule has 0 bridgehead atoms. The zero-order valence-electron chi connectivity index (χ0n) is 12.7. The molecular weight excluding hydrogens is 372 g/mol. The standard InChI is InChI=1S/C12H19BrN6O2S/c1-4-19(5-2)22(20,21)7-6-14-11-9-10(13)17-18(3)12(9)16-8-15-11/h8H,4-7H2,1-3H3,(H,14,15,16). The van der Waals surface area contributed by atoms with Crippen LogP contribution in [0.3, 0.4) is 0 Å². The Morgan fingerprint density at radius 2 is 2.00 bits per heavy atom. The fourth-order valence-electron chi connectivity index (χ4n) is 2.22. The van der Waals surface area contributed by atoms with Gasteiger partial charge in [0.1, 0.15) is 16.7 Å². The van der Waals surface area contributed by atoms with Crippen LogP contribution < -0.4 is 5.32 Å². The summed E-state index contributed by atoms with van der Waals surface area (Å²) in [7, 11) is -1.47. The zero-order chi connectivity index (χ0) is 16.3. The van der Waals surface area contributed by atoms with Crippen LogP contribution in [0, 0.1) is 0 Å². The molecule has 0 saturated heterocycles. The summed E-state index contributed by atoms with van der Waals surface area (Å²) in [5.74, 6) is 0.581. The molecule has 2 rings (SSSR count). The first-order chi connectivity index (χ1) is 10.4. The first-order valence-corrected chi connectivity index (χ1v) is 9.35. The topological polar surface area (TPSA) is 93.0 Å². The Kier molecular flexibility index (Phi) is 5.35. The van der Waals surface area contributed by atoms with Crippen molar-refractivity contribution in [2.45, 2.75) is 13.8 Å². The van der Waals surface area contributed by atoms with Crippen molar-refractivity contribution in [2.24, 2.45) is 7.05 Å². The molecule has 0 atom stereocenters. The van der Waals surface area contributed by atoms with E-state index in [1.165, 1.54) is 10.6 Å². The highest BCUT2D eigenvalue weighted by Crippen LogP contribution is 2.26. The number of halogens is 1. The number of anilines is 1.